The van der Waals surface area contributed by atoms with E-state index in [1.54, 1.807) is 6.92 Å². The van der Waals surface area contributed by atoms with E-state index in [0.717, 1.165) is 24.3 Å². The van der Waals surface area contributed by atoms with Crippen molar-refractivity contribution in [1.29, 1.82) is 0 Å². The van der Waals surface area contributed by atoms with Gasteiger partial charge in [0.1, 0.15) is 11.5 Å². The van der Waals surface area contributed by atoms with E-state index < -0.39 is 33.7 Å². The van der Waals surface area contributed by atoms with Crippen LogP contribution in [0, 0.1) is 10.1 Å². The van der Waals surface area contributed by atoms with E-state index in [1.807, 2.05) is 0 Å². The molecule has 0 saturated carbocycles. The van der Waals surface area contributed by atoms with Gasteiger partial charge in [0.15, 0.2) is 6.10 Å². The van der Waals surface area contributed by atoms with Crippen LogP contribution in [-0.2, 0) is 11.0 Å². The van der Waals surface area contributed by atoms with Gasteiger partial charge in [-0.05, 0) is 42.3 Å². The van der Waals surface area contributed by atoms with Gasteiger partial charge in [0.25, 0.3) is 5.24 Å². The number of carbonyl (C=O) groups excluding carboxylic acids is 1. The summed E-state index contributed by atoms with van der Waals surface area (Å²) in [6.45, 7) is 1.77. The third-order valence-electron chi connectivity index (χ3n) is 3.69. The number of hydrogen-bond donors (Lipinski definition) is 0. The minimum atomic E-state index is -4.57. The molecule has 0 aliphatic rings. The molecule has 0 fully saturated rings. The summed E-state index contributed by atoms with van der Waals surface area (Å²) in [5.41, 5.74) is -1.39. The van der Waals surface area contributed by atoms with E-state index in [-0.39, 0.29) is 28.7 Å². The van der Waals surface area contributed by atoms with Crippen LogP contribution in [0.25, 0.3) is 0 Å². The number of nitro groups is 1. The van der Waals surface area contributed by atoms with Gasteiger partial charge in [-0.2, -0.15) is 13.2 Å². The van der Waals surface area contributed by atoms with Crippen molar-refractivity contribution in [1.82, 2.24) is 0 Å². The lowest BCUT2D eigenvalue weighted by atomic mass is 10.2. The Bertz CT molecular complexity index is 921. The van der Waals surface area contributed by atoms with E-state index in [2.05, 4.69) is 0 Å². The Morgan fingerprint density at radius 1 is 1.21 bits per heavy atom. The van der Waals surface area contributed by atoms with E-state index in [9.17, 15) is 28.1 Å². The molecule has 0 saturated heterocycles. The zero-order valence-corrected chi connectivity index (χ0v) is 16.3. The van der Waals surface area contributed by atoms with Crippen molar-refractivity contribution in [3.05, 3.63) is 57.1 Å². The van der Waals surface area contributed by atoms with Crippen LogP contribution < -0.4 is 9.47 Å². The van der Waals surface area contributed by atoms with Crippen LogP contribution in [0.2, 0.25) is 5.02 Å². The van der Waals surface area contributed by atoms with E-state index >= 15 is 0 Å². The van der Waals surface area contributed by atoms with Crippen LogP contribution in [0.4, 0.5) is 18.9 Å². The standard InChI is InChI=1S/C18H14Cl2F3NO5/c1-2-3-15(17(20)25)29-16-9-11(5-6-13(16)24(26)27)28-14-7-4-10(8-12(14)19)18(21,22)23/h4-9,15H,2-3H2,1H3. The van der Waals surface area contributed by atoms with Crippen molar-refractivity contribution in [3.63, 3.8) is 0 Å². The monoisotopic (exact) mass is 451 g/mol. The van der Waals surface area contributed by atoms with Crippen LogP contribution in [0.5, 0.6) is 17.2 Å². The summed E-state index contributed by atoms with van der Waals surface area (Å²) in [5, 5.41) is 10.1. The molecule has 2 aromatic rings. The topological polar surface area (TPSA) is 78.7 Å². The Morgan fingerprint density at radius 2 is 1.90 bits per heavy atom. The highest BCUT2D eigenvalue weighted by molar-refractivity contribution is 6.64. The van der Waals surface area contributed by atoms with Crippen LogP contribution in [0.15, 0.2) is 36.4 Å². The lowest BCUT2D eigenvalue weighted by Crippen LogP contribution is -2.23. The largest absolute Gasteiger partial charge is 0.474 e. The zero-order valence-electron chi connectivity index (χ0n) is 14.8. The number of hydrogen-bond acceptors (Lipinski definition) is 5. The number of ether oxygens (including phenoxy) is 2. The molecule has 0 amide bonds. The highest BCUT2D eigenvalue weighted by atomic mass is 35.5. The maximum absolute atomic E-state index is 12.7. The lowest BCUT2D eigenvalue weighted by molar-refractivity contribution is -0.386. The van der Waals surface area contributed by atoms with Crippen molar-refractivity contribution in [2.24, 2.45) is 0 Å². The highest BCUT2D eigenvalue weighted by Gasteiger charge is 2.31. The van der Waals surface area contributed by atoms with Gasteiger partial charge in [-0.1, -0.05) is 24.9 Å². The zero-order chi connectivity index (χ0) is 21.8. The molecule has 0 heterocycles. The van der Waals surface area contributed by atoms with Gasteiger partial charge in [-0.3, -0.25) is 14.9 Å². The molecule has 6 nitrogen and oxygen atoms in total. The quantitative estimate of drug-likeness (QED) is 0.264. The molecule has 1 atom stereocenters. The second kappa shape index (κ2) is 9.32. The molecular weight excluding hydrogens is 438 g/mol. The Balaban J connectivity index is 2.35. The number of nitrogens with zero attached hydrogens (tertiary/aromatic N) is 1. The minimum absolute atomic E-state index is 0.00419. The van der Waals surface area contributed by atoms with Gasteiger partial charge in [0.2, 0.25) is 5.75 Å². The SMILES string of the molecule is CCCC(Oc1cc(Oc2ccc(C(F)(F)F)cc2Cl)ccc1[N+](=O)[O-])C(=O)Cl. The summed E-state index contributed by atoms with van der Waals surface area (Å²) in [6.07, 6.45) is -4.91. The fraction of sp³-hybridized carbons (Fsp3) is 0.278. The third-order valence-corrected chi connectivity index (χ3v) is 4.23. The fourth-order valence-electron chi connectivity index (χ4n) is 2.32. The second-order valence-corrected chi connectivity index (χ2v) is 6.61. The first-order chi connectivity index (χ1) is 13.5. The first-order valence-corrected chi connectivity index (χ1v) is 8.97. The molecule has 0 bridgehead atoms. The second-order valence-electron chi connectivity index (χ2n) is 5.83. The first kappa shape index (κ1) is 22.8. The average molecular weight is 452 g/mol. The van der Waals surface area contributed by atoms with Crippen LogP contribution >= 0.6 is 23.2 Å². The van der Waals surface area contributed by atoms with Crippen molar-refractivity contribution >= 4 is 34.1 Å². The number of halogens is 5. The molecule has 0 aromatic heterocycles. The van der Waals surface area contributed by atoms with Crippen molar-refractivity contribution in [2.75, 3.05) is 0 Å². The van der Waals surface area contributed by atoms with Crippen LogP contribution in [0.3, 0.4) is 0 Å². The molecule has 0 radical (unpaired) electrons. The van der Waals surface area contributed by atoms with Gasteiger partial charge < -0.3 is 9.47 Å². The average Bonchev–Trinajstić information content (AvgIpc) is 2.62. The predicted octanol–water partition coefficient (Wildman–Crippen LogP) is 6.37. The molecule has 2 aromatic carbocycles. The molecule has 0 spiro atoms. The molecule has 156 valence electrons. The molecule has 0 aliphatic heterocycles. The van der Waals surface area contributed by atoms with Gasteiger partial charge in [0, 0.05) is 12.1 Å². The summed E-state index contributed by atoms with van der Waals surface area (Å²) >= 11 is 11.3. The van der Waals surface area contributed by atoms with Gasteiger partial charge >= 0.3 is 11.9 Å². The summed E-state index contributed by atoms with van der Waals surface area (Å²) in [5.74, 6) is -0.370. The number of benzene rings is 2. The Morgan fingerprint density at radius 3 is 2.41 bits per heavy atom. The maximum Gasteiger partial charge on any atom is 0.416 e. The van der Waals surface area contributed by atoms with Crippen molar-refractivity contribution in [3.8, 4) is 17.2 Å². The summed E-state index contributed by atoms with van der Waals surface area (Å²) < 4.78 is 49.0. The Kier molecular flexibility index (Phi) is 7.32. The van der Waals surface area contributed by atoms with E-state index in [0.29, 0.717) is 12.5 Å². The predicted molar refractivity (Wildman–Crippen MR) is 99.8 cm³/mol. The molecule has 29 heavy (non-hydrogen) atoms. The van der Waals surface area contributed by atoms with Crippen LogP contribution in [0.1, 0.15) is 25.3 Å². The lowest BCUT2D eigenvalue weighted by Gasteiger charge is -2.16. The number of nitro benzene ring substituents is 1. The number of alkyl halides is 3. The fourth-order valence-corrected chi connectivity index (χ4v) is 2.70. The molecule has 0 aliphatic carbocycles. The first-order valence-electron chi connectivity index (χ1n) is 8.22. The molecular formula is C18H14Cl2F3NO5. The third kappa shape index (κ3) is 5.98. The molecule has 2 rings (SSSR count). The smallest absolute Gasteiger partial charge is 0.416 e. The van der Waals surface area contributed by atoms with Crippen molar-refractivity contribution in [2.45, 2.75) is 32.0 Å². The Labute approximate surface area is 173 Å². The summed E-state index contributed by atoms with van der Waals surface area (Å²) in [4.78, 5) is 22.0. The Hall–Kier alpha value is -2.52. The summed E-state index contributed by atoms with van der Waals surface area (Å²) in [7, 11) is 0. The number of rotatable bonds is 8. The summed E-state index contributed by atoms with van der Waals surface area (Å²) in [6, 6.07) is 5.93. The molecule has 0 N–H and O–H groups in total. The molecule has 11 heteroatoms. The molecule has 1 unspecified atom stereocenters. The van der Waals surface area contributed by atoms with E-state index in [4.69, 9.17) is 32.7 Å². The number of carbonyl (C=O) groups is 1. The van der Waals surface area contributed by atoms with Gasteiger partial charge in [-0.15, -0.1) is 0 Å². The van der Waals surface area contributed by atoms with E-state index in [1.165, 1.54) is 6.07 Å². The van der Waals surface area contributed by atoms with Crippen LogP contribution in [-0.4, -0.2) is 16.3 Å². The van der Waals surface area contributed by atoms with Gasteiger partial charge in [-0.25, -0.2) is 0 Å². The normalized spacial score (nSPS) is 12.3. The van der Waals surface area contributed by atoms with Crippen molar-refractivity contribution < 1.29 is 32.4 Å². The highest BCUT2D eigenvalue weighted by Crippen LogP contribution is 2.39. The van der Waals surface area contributed by atoms with Gasteiger partial charge in [0.05, 0.1) is 15.5 Å². The maximum atomic E-state index is 12.7. The minimum Gasteiger partial charge on any atom is -0.474 e.